The van der Waals surface area contributed by atoms with Gasteiger partial charge in [-0.05, 0) is 27.2 Å². The van der Waals surface area contributed by atoms with E-state index in [-0.39, 0.29) is 23.1 Å². The first kappa shape index (κ1) is 19.2. The highest BCUT2D eigenvalue weighted by molar-refractivity contribution is 7.86. The molecule has 3 N–H and O–H groups in total. The number of nitrogens with one attached hydrogen (secondary N) is 1. The molecule has 0 spiro atoms. The molecule has 0 fully saturated rings. The monoisotopic (exact) mass is 284 g/mol. The summed E-state index contributed by atoms with van der Waals surface area (Å²) >= 11 is 0. The topological polar surface area (TPSA) is 72.2 Å². The van der Waals surface area contributed by atoms with Crippen LogP contribution in [0.2, 0.25) is 0 Å². The van der Waals surface area contributed by atoms with Gasteiger partial charge >= 0.3 is 0 Å². The van der Waals surface area contributed by atoms with Crippen molar-refractivity contribution in [2.75, 3.05) is 12.3 Å². The molecule has 6 heteroatoms. The SMILES string of the molecule is CCCC(N)C(=O)NCCS(=O)C(C)(C)C.Cl. The van der Waals surface area contributed by atoms with Crippen LogP contribution in [0.3, 0.4) is 0 Å². The maximum atomic E-state index is 11.7. The van der Waals surface area contributed by atoms with Crippen LogP contribution in [-0.4, -0.2) is 33.2 Å². The van der Waals surface area contributed by atoms with Gasteiger partial charge in [-0.1, -0.05) is 13.3 Å². The quantitative estimate of drug-likeness (QED) is 0.770. The number of carbonyl (C=O) groups excluding carboxylic acids is 1. The Morgan fingerprint density at radius 2 is 1.94 bits per heavy atom. The number of hydrogen-bond donors (Lipinski definition) is 2. The molecule has 0 aromatic rings. The minimum atomic E-state index is -0.926. The van der Waals surface area contributed by atoms with E-state index in [9.17, 15) is 9.00 Å². The molecule has 0 aromatic heterocycles. The molecule has 17 heavy (non-hydrogen) atoms. The molecular formula is C11H25ClN2O2S. The van der Waals surface area contributed by atoms with Gasteiger partial charge < -0.3 is 11.1 Å². The van der Waals surface area contributed by atoms with Crippen molar-refractivity contribution >= 4 is 29.1 Å². The Morgan fingerprint density at radius 3 is 2.35 bits per heavy atom. The summed E-state index contributed by atoms with van der Waals surface area (Å²) in [6, 6.07) is -0.437. The van der Waals surface area contributed by atoms with E-state index >= 15 is 0 Å². The van der Waals surface area contributed by atoms with Gasteiger partial charge in [0.2, 0.25) is 5.91 Å². The zero-order chi connectivity index (χ0) is 12.8. The summed E-state index contributed by atoms with van der Waals surface area (Å²) in [5.41, 5.74) is 5.64. The third-order valence-electron chi connectivity index (χ3n) is 2.21. The van der Waals surface area contributed by atoms with Crippen molar-refractivity contribution in [1.82, 2.24) is 5.32 Å². The zero-order valence-corrected chi connectivity index (χ0v) is 12.7. The van der Waals surface area contributed by atoms with Crippen molar-refractivity contribution in [1.29, 1.82) is 0 Å². The molecule has 0 rings (SSSR count). The lowest BCUT2D eigenvalue weighted by molar-refractivity contribution is -0.122. The van der Waals surface area contributed by atoms with E-state index in [0.717, 1.165) is 6.42 Å². The molecule has 0 aliphatic carbocycles. The van der Waals surface area contributed by atoms with Gasteiger partial charge in [-0.3, -0.25) is 9.00 Å². The first-order valence-electron chi connectivity index (χ1n) is 5.70. The third-order valence-corrected chi connectivity index (χ3v) is 4.15. The van der Waals surface area contributed by atoms with E-state index in [0.29, 0.717) is 18.7 Å². The van der Waals surface area contributed by atoms with Gasteiger partial charge in [0.1, 0.15) is 0 Å². The van der Waals surface area contributed by atoms with Gasteiger partial charge in [-0.15, -0.1) is 12.4 Å². The second kappa shape index (κ2) is 8.89. The fraction of sp³-hybridized carbons (Fsp3) is 0.909. The molecule has 0 saturated heterocycles. The predicted octanol–water partition coefficient (Wildman–Crippen LogP) is 1.20. The maximum absolute atomic E-state index is 11.7. The van der Waals surface area contributed by atoms with Crippen molar-refractivity contribution in [2.45, 2.75) is 51.3 Å². The van der Waals surface area contributed by atoms with Gasteiger partial charge in [0, 0.05) is 27.8 Å². The highest BCUT2D eigenvalue weighted by Crippen LogP contribution is 2.10. The van der Waals surface area contributed by atoms with Crippen LogP contribution in [0.5, 0.6) is 0 Å². The lowest BCUT2D eigenvalue weighted by atomic mass is 10.2. The molecule has 0 saturated carbocycles. The summed E-state index contributed by atoms with van der Waals surface area (Å²) < 4.78 is 11.4. The predicted molar refractivity (Wildman–Crippen MR) is 75.9 cm³/mol. The van der Waals surface area contributed by atoms with E-state index in [2.05, 4.69) is 5.32 Å². The first-order valence-corrected chi connectivity index (χ1v) is 7.02. The zero-order valence-electron chi connectivity index (χ0n) is 11.1. The maximum Gasteiger partial charge on any atom is 0.236 e. The van der Waals surface area contributed by atoms with Crippen LogP contribution >= 0.6 is 12.4 Å². The smallest absolute Gasteiger partial charge is 0.236 e. The second-order valence-corrected chi connectivity index (χ2v) is 7.17. The van der Waals surface area contributed by atoms with Crippen molar-refractivity contribution < 1.29 is 9.00 Å². The van der Waals surface area contributed by atoms with Crippen LogP contribution in [0.15, 0.2) is 0 Å². The molecule has 2 unspecified atom stereocenters. The van der Waals surface area contributed by atoms with Crippen LogP contribution < -0.4 is 11.1 Å². The van der Waals surface area contributed by atoms with Crippen LogP contribution in [0, 0.1) is 0 Å². The molecule has 0 aliphatic heterocycles. The van der Waals surface area contributed by atoms with Crippen molar-refractivity contribution in [3.8, 4) is 0 Å². The van der Waals surface area contributed by atoms with Crippen LogP contribution in [-0.2, 0) is 15.6 Å². The first-order chi connectivity index (χ1) is 7.29. The largest absolute Gasteiger partial charge is 0.354 e. The van der Waals surface area contributed by atoms with Gasteiger partial charge in [0.05, 0.1) is 6.04 Å². The molecule has 0 aliphatic rings. The van der Waals surface area contributed by atoms with Crippen molar-refractivity contribution in [2.24, 2.45) is 5.73 Å². The van der Waals surface area contributed by atoms with Gasteiger partial charge in [-0.25, -0.2) is 0 Å². The third kappa shape index (κ3) is 8.57. The average molecular weight is 285 g/mol. The van der Waals surface area contributed by atoms with E-state index in [1.165, 1.54) is 0 Å². The molecule has 0 bridgehead atoms. The van der Waals surface area contributed by atoms with Gasteiger partial charge in [0.25, 0.3) is 0 Å². The lowest BCUT2D eigenvalue weighted by Crippen LogP contribution is -2.42. The van der Waals surface area contributed by atoms with E-state index in [1.807, 2.05) is 27.7 Å². The fourth-order valence-electron chi connectivity index (χ4n) is 1.15. The molecule has 4 nitrogen and oxygen atoms in total. The van der Waals surface area contributed by atoms with Crippen LogP contribution in [0.1, 0.15) is 40.5 Å². The Morgan fingerprint density at radius 1 is 1.41 bits per heavy atom. The number of nitrogens with two attached hydrogens (primary N) is 1. The lowest BCUT2D eigenvalue weighted by Gasteiger charge is -2.18. The summed E-state index contributed by atoms with van der Waals surface area (Å²) in [5, 5.41) is 2.71. The number of amides is 1. The Kier molecular flexibility index (Phi) is 10.0. The number of carbonyl (C=O) groups is 1. The summed E-state index contributed by atoms with van der Waals surface area (Å²) in [7, 11) is -0.926. The Balaban J connectivity index is 0. The normalized spacial score (nSPS) is 14.6. The minimum absolute atomic E-state index is 0. The van der Waals surface area contributed by atoms with E-state index in [1.54, 1.807) is 0 Å². The Labute approximate surface area is 113 Å². The molecule has 104 valence electrons. The fourth-order valence-corrected chi connectivity index (χ4v) is 2.05. The number of hydrogen-bond acceptors (Lipinski definition) is 3. The van der Waals surface area contributed by atoms with Gasteiger partial charge in [0.15, 0.2) is 0 Å². The molecular weight excluding hydrogens is 260 g/mol. The summed E-state index contributed by atoms with van der Waals surface area (Å²) in [6.45, 7) is 8.19. The van der Waals surface area contributed by atoms with Crippen molar-refractivity contribution in [3.05, 3.63) is 0 Å². The van der Waals surface area contributed by atoms with E-state index in [4.69, 9.17) is 5.73 Å². The average Bonchev–Trinajstić information content (AvgIpc) is 2.16. The van der Waals surface area contributed by atoms with Crippen LogP contribution in [0.4, 0.5) is 0 Å². The standard InChI is InChI=1S/C11H24N2O2S.ClH/c1-5-6-9(12)10(14)13-7-8-16(15)11(2,3)4;/h9H,5-8,12H2,1-4H3,(H,13,14);1H. The molecule has 0 radical (unpaired) electrons. The molecule has 1 amide bonds. The summed E-state index contributed by atoms with van der Waals surface area (Å²) in [6.07, 6.45) is 1.58. The highest BCUT2D eigenvalue weighted by Gasteiger charge is 2.19. The van der Waals surface area contributed by atoms with Crippen LogP contribution in [0.25, 0.3) is 0 Å². The minimum Gasteiger partial charge on any atom is -0.354 e. The second-order valence-electron chi connectivity index (χ2n) is 4.85. The van der Waals surface area contributed by atoms with E-state index < -0.39 is 16.8 Å². The Bertz CT molecular complexity index is 254. The van der Waals surface area contributed by atoms with Crippen molar-refractivity contribution in [3.63, 3.8) is 0 Å². The number of rotatable bonds is 6. The molecule has 0 aromatic carbocycles. The summed E-state index contributed by atoms with van der Waals surface area (Å²) in [4.78, 5) is 11.4. The molecule has 0 heterocycles. The number of halogens is 1. The highest BCUT2D eigenvalue weighted by atomic mass is 35.5. The Hall–Kier alpha value is -0.130. The summed E-state index contributed by atoms with van der Waals surface area (Å²) in [5.74, 6) is 0.335. The van der Waals surface area contributed by atoms with Gasteiger partial charge in [-0.2, -0.15) is 0 Å². The molecule has 2 atom stereocenters.